The van der Waals surface area contributed by atoms with Crippen LogP contribution in [0.5, 0.6) is 0 Å². The van der Waals surface area contributed by atoms with Gasteiger partial charge in [-0.1, -0.05) is 24.1 Å². The minimum Gasteiger partial charge on any atom is -0.378 e. The van der Waals surface area contributed by atoms with E-state index < -0.39 is 0 Å². The van der Waals surface area contributed by atoms with Gasteiger partial charge < -0.3 is 9.80 Å². The van der Waals surface area contributed by atoms with Crippen molar-refractivity contribution < 1.29 is 0 Å². The lowest BCUT2D eigenvalue weighted by Gasteiger charge is -2.12. The number of hydrogen-bond acceptors (Lipinski definition) is 2. The quantitative estimate of drug-likeness (QED) is 0.741. The zero-order chi connectivity index (χ0) is 18.1. The molecule has 0 radical (unpaired) electrons. The van der Waals surface area contributed by atoms with Crippen LogP contribution in [0.2, 0.25) is 0 Å². The van der Waals surface area contributed by atoms with Crippen LogP contribution in [0.4, 0.5) is 11.4 Å². The molecule has 0 spiro atoms. The zero-order valence-electron chi connectivity index (χ0n) is 15.7. The summed E-state index contributed by atoms with van der Waals surface area (Å²) in [4.78, 5) is 4.15. The lowest BCUT2D eigenvalue weighted by molar-refractivity contribution is 1.13. The highest BCUT2D eigenvalue weighted by Crippen LogP contribution is 2.17. The van der Waals surface area contributed by atoms with Crippen LogP contribution in [0.3, 0.4) is 0 Å². The molecule has 0 aliphatic carbocycles. The van der Waals surface area contributed by atoms with Gasteiger partial charge in [-0.05, 0) is 61.4 Å². The molecule has 0 unspecified atom stereocenters. The summed E-state index contributed by atoms with van der Waals surface area (Å²) >= 11 is 0. The number of benzene rings is 2. The number of nitrogens with zero attached hydrogens (tertiary/aromatic N) is 2. The van der Waals surface area contributed by atoms with Gasteiger partial charge in [-0.2, -0.15) is 0 Å². The molecule has 24 heavy (non-hydrogen) atoms. The number of hydrogen-bond donors (Lipinski definition) is 0. The minimum absolute atomic E-state index is 0.926. The average Bonchev–Trinajstić information content (AvgIpc) is 2.61. The Labute approximate surface area is 147 Å². The molecule has 0 aliphatic rings. The molecule has 2 nitrogen and oxygen atoms in total. The molecule has 0 N–H and O–H groups in total. The summed E-state index contributed by atoms with van der Waals surface area (Å²) < 4.78 is 0. The van der Waals surface area contributed by atoms with Crippen LogP contribution in [-0.4, -0.2) is 28.2 Å². The summed E-state index contributed by atoms with van der Waals surface area (Å²) in [7, 11) is 8.12. The van der Waals surface area contributed by atoms with Gasteiger partial charge in [-0.3, -0.25) is 0 Å². The second kappa shape index (κ2) is 9.47. The van der Waals surface area contributed by atoms with E-state index in [1.54, 1.807) is 0 Å². The molecule has 0 aromatic heterocycles. The summed E-state index contributed by atoms with van der Waals surface area (Å²) in [5.74, 6) is 2.57. The molecular weight excluding hydrogens is 292 g/mol. The first kappa shape index (κ1) is 19.4. The van der Waals surface area contributed by atoms with Crippen LogP contribution in [0, 0.1) is 12.3 Å². The molecule has 0 fully saturated rings. The van der Waals surface area contributed by atoms with Gasteiger partial charge in [-0.25, -0.2) is 0 Å². The van der Waals surface area contributed by atoms with E-state index in [0.29, 0.717) is 0 Å². The molecule has 0 aliphatic heterocycles. The van der Waals surface area contributed by atoms with Crippen molar-refractivity contribution in [2.45, 2.75) is 13.8 Å². The predicted octanol–water partition coefficient (Wildman–Crippen LogP) is 4.91. The topological polar surface area (TPSA) is 6.48 Å². The lowest BCUT2D eigenvalue weighted by atomic mass is 10.1. The van der Waals surface area contributed by atoms with Gasteiger partial charge in [0.1, 0.15) is 0 Å². The summed E-state index contributed by atoms with van der Waals surface area (Å²) in [6.07, 6.45) is 7.34. The third kappa shape index (κ3) is 5.85. The van der Waals surface area contributed by atoms with Crippen LogP contribution in [-0.2, 0) is 0 Å². The fraction of sp³-hybridized carbons (Fsp3) is 0.273. The average molecular weight is 320 g/mol. The number of allylic oxidation sites excluding steroid dienone is 2. The molecule has 0 amide bonds. The third-order valence-electron chi connectivity index (χ3n) is 3.82. The number of anilines is 2. The van der Waals surface area contributed by atoms with Crippen molar-refractivity contribution in [1.29, 1.82) is 0 Å². The summed E-state index contributed by atoms with van der Waals surface area (Å²) in [6.45, 7) is 4.19. The van der Waals surface area contributed by atoms with E-state index in [1.807, 2.05) is 43.3 Å². The monoisotopic (exact) mass is 320 g/mol. The van der Waals surface area contributed by atoms with Crippen molar-refractivity contribution in [2.75, 3.05) is 38.0 Å². The van der Waals surface area contributed by atoms with Crippen molar-refractivity contribution in [1.82, 2.24) is 0 Å². The Kier molecular flexibility index (Phi) is 7.65. The smallest absolute Gasteiger partial charge is 0.0361 e. The zero-order valence-corrected chi connectivity index (χ0v) is 15.7. The Morgan fingerprint density at radius 1 is 0.833 bits per heavy atom. The molecule has 0 saturated heterocycles. The van der Waals surface area contributed by atoms with E-state index >= 15 is 0 Å². The summed E-state index contributed by atoms with van der Waals surface area (Å²) in [6, 6.07) is 16.5. The maximum atomic E-state index is 5.21. The molecular formula is C22H28N2. The lowest BCUT2D eigenvalue weighted by Crippen LogP contribution is -2.08. The molecule has 2 aromatic rings. The van der Waals surface area contributed by atoms with Crippen molar-refractivity contribution in [3.8, 4) is 12.3 Å². The van der Waals surface area contributed by atoms with E-state index in [-0.39, 0.29) is 0 Å². The molecule has 2 aromatic carbocycles. The minimum atomic E-state index is 0.926. The molecule has 0 atom stereocenters. The van der Waals surface area contributed by atoms with Crippen LogP contribution in [0.25, 0.3) is 5.57 Å². The first-order valence-electron chi connectivity index (χ1n) is 8.03. The van der Waals surface area contributed by atoms with E-state index in [9.17, 15) is 0 Å². The van der Waals surface area contributed by atoms with Crippen molar-refractivity contribution in [3.05, 3.63) is 65.7 Å². The van der Waals surface area contributed by atoms with Crippen LogP contribution in [0.1, 0.15) is 25.0 Å². The molecule has 0 bridgehead atoms. The highest BCUT2D eigenvalue weighted by molar-refractivity contribution is 5.65. The van der Waals surface area contributed by atoms with E-state index in [2.05, 4.69) is 69.1 Å². The van der Waals surface area contributed by atoms with Crippen molar-refractivity contribution >= 4 is 16.9 Å². The van der Waals surface area contributed by atoms with Crippen molar-refractivity contribution in [3.63, 3.8) is 0 Å². The van der Waals surface area contributed by atoms with Gasteiger partial charge in [0.15, 0.2) is 0 Å². The maximum Gasteiger partial charge on any atom is 0.0361 e. The first-order valence-corrected chi connectivity index (χ1v) is 8.03. The van der Waals surface area contributed by atoms with Crippen LogP contribution in [0.15, 0.2) is 54.6 Å². The highest BCUT2D eigenvalue weighted by Gasteiger charge is 1.96. The molecule has 0 saturated carbocycles. The largest absolute Gasteiger partial charge is 0.378 e. The fourth-order valence-corrected chi connectivity index (χ4v) is 2.04. The Morgan fingerprint density at radius 3 is 1.58 bits per heavy atom. The molecule has 126 valence electrons. The van der Waals surface area contributed by atoms with Gasteiger partial charge in [-0.15, -0.1) is 6.42 Å². The standard InChI is InChI=1S/C12H17N.C10H11N/c1-5-10(2)11-6-8-12(9-7-11)13(3)4;1-4-9-5-7-10(8-6-9)11(2)3/h5-9H,1-4H3;1,5-8H,2-3H3/b10-5+;. The second-order valence-corrected chi connectivity index (χ2v) is 6.00. The van der Waals surface area contributed by atoms with Crippen LogP contribution >= 0.6 is 0 Å². The fourth-order valence-electron chi connectivity index (χ4n) is 2.04. The second-order valence-electron chi connectivity index (χ2n) is 6.00. The van der Waals surface area contributed by atoms with E-state index in [4.69, 9.17) is 6.42 Å². The van der Waals surface area contributed by atoms with E-state index in [1.165, 1.54) is 22.5 Å². The predicted molar refractivity (Wildman–Crippen MR) is 109 cm³/mol. The van der Waals surface area contributed by atoms with Gasteiger partial charge >= 0.3 is 0 Å². The summed E-state index contributed by atoms with van der Waals surface area (Å²) in [5.41, 5.74) is 5.96. The Bertz CT molecular complexity index is 684. The Morgan fingerprint density at radius 2 is 1.25 bits per heavy atom. The number of rotatable bonds is 3. The van der Waals surface area contributed by atoms with Crippen LogP contribution < -0.4 is 9.80 Å². The van der Waals surface area contributed by atoms with Gasteiger partial charge in [0.05, 0.1) is 0 Å². The van der Waals surface area contributed by atoms with Crippen molar-refractivity contribution in [2.24, 2.45) is 0 Å². The van der Waals surface area contributed by atoms with Gasteiger partial charge in [0.2, 0.25) is 0 Å². The molecule has 0 heterocycles. The normalized spacial score (nSPS) is 10.3. The summed E-state index contributed by atoms with van der Waals surface area (Å²) in [5, 5.41) is 0. The third-order valence-corrected chi connectivity index (χ3v) is 3.82. The highest BCUT2D eigenvalue weighted by atomic mass is 15.1. The van der Waals surface area contributed by atoms with Gasteiger partial charge in [0, 0.05) is 45.1 Å². The molecule has 2 heteroatoms. The number of terminal acetylenes is 1. The Balaban J connectivity index is 0.000000243. The maximum absolute atomic E-state index is 5.21. The Hall–Kier alpha value is -2.66. The van der Waals surface area contributed by atoms with Gasteiger partial charge in [0.25, 0.3) is 0 Å². The SMILES string of the molecule is C#Cc1ccc(N(C)C)cc1.C/C=C(\C)c1ccc(N(C)C)cc1. The molecule has 2 rings (SSSR count). The first-order chi connectivity index (χ1) is 11.4. The van der Waals surface area contributed by atoms with E-state index in [0.717, 1.165) is 5.56 Å².